The number of carbonyl (C=O) groups is 1. The number of fused-ring (bicyclic) bond motifs is 1. The molecule has 0 saturated heterocycles. The number of carbonyl (C=O) groups excluding carboxylic acids is 1. The first-order valence-electron chi connectivity index (χ1n) is 6.98. The van der Waals surface area contributed by atoms with Crippen LogP contribution in [0.1, 0.15) is 35.7 Å². The summed E-state index contributed by atoms with van der Waals surface area (Å²) < 4.78 is 6.10. The third-order valence-electron chi connectivity index (χ3n) is 3.45. The largest absolute Gasteiger partial charge is 0.383 e. The molecular weight excluding hydrogens is 340 g/mol. The fraction of sp³-hybridized carbons (Fsp3) is 0.643. The first-order valence-corrected chi connectivity index (χ1v) is 8.58. The lowest BCUT2D eigenvalue weighted by Gasteiger charge is -2.23. The van der Waals surface area contributed by atoms with E-state index >= 15 is 0 Å². The van der Waals surface area contributed by atoms with Crippen molar-refractivity contribution in [3.63, 3.8) is 0 Å². The number of aryl methyl sites for hydroxylation is 1. The Morgan fingerprint density at radius 2 is 2.40 bits per heavy atom. The van der Waals surface area contributed by atoms with Crippen LogP contribution in [0.3, 0.4) is 0 Å². The smallest absolute Gasteiger partial charge is 0.221 e. The van der Waals surface area contributed by atoms with Gasteiger partial charge in [0.05, 0.1) is 10.4 Å². The van der Waals surface area contributed by atoms with Gasteiger partial charge in [0.1, 0.15) is 0 Å². The normalized spacial score (nSPS) is 17.8. The Morgan fingerprint density at radius 1 is 1.55 bits per heavy atom. The van der Waals surface area contributed by atoms with Gasteiger partial charge in [-0.15, -0.1) is 11.3 Å². The lowest BCUT2D eigenvalue weighted by molar-refractivity contribution is -0.121. The topological polar surface area (TPSA) is 50.4 Å². The van der Waals surface area contributed by atoms with E-state index in [0.29, 0.717) is 25.6 Å². The predicted molar refractivity (Wildman–Crippen MR) is 85.2 cm³/mol. The molecule has 2 rings (SSSR count). The van der Waals surface area contributed by atoms with Crippen LogP contribution in [0, 0.1) is 0 Å². The van der Waals surface area contributed by atoms with Crippen LogP contribution < -0.4 is 10.6 Å². The number of amides is 1. The summed E-state index contributed by atoms with van der Waals surface area (Å²) in [7, 11) is 1.63. The number of methoxy groups -OCH3 is 1. The number of hydrogen-bond donors (Lipinski definition) is 2. The van der Waals surface area contributed by atoms with E-state index in [0.717, 1.165) is 13.0 Å². The Bertz CT molecular complexity index is 450. The van der Waals surface area contributed by atoms with Crippen molar-refractivity contribution < 1.29 is 9.53 Å². The maximum absolute atomic E-state index is 11.6. The summed E-state index contributed by atoms with van der Waals surface area (Å²) in [6.07, 6.45) is 4.07. The van der Waals surface area contributed by atoms with Gasteiger partial charge in [-0.25, -0.2) is 0 Å². The average molecular weight is 361 g/mol. The fourth-order valence-electron chi connectivity index (χ4n) is 2.47. The van der Waals surface area contributed by atoms with Crippen molar-refractivity contribution in [1.29, 1.82) is 0 Å². The summed E-state index contributed by atoms with van der Waals surface area (Å²) in [4.78, 5) is 13.1. The number of thiophene rings is 1. The molecule has 1 atom stereocenters. The van der Waals surface area contributed by atoms with Crippen LogP contribution >= 0.6 is 27.3 Å². The molecule has 1 amide bonds. The minimum absolute atomic E-state index is 0.0806. The highest BCUT2D eigenvalue weighted by molar-refractivity contribution is 9.11. The summed E-state index contributed by atoms with van der Waals surface area (Å²) in [5, 5.41) is 6.34. The third-order valence-corrected chi connectivity index (χ3v) is 5.17. The Hall–Kier alpha value is -0.430. The van der Waals surface area contributed by atoms with E-state index in [1.165, 1.54) is 27.1 Å². The lowest BCUT2D eigenvalue weighted by Crippen LogP contribution is -2.32. The molecule has 1 aliphatic carbocycles. The summed E-state index contributed by atoms with van der Waals surface area (Å²) in [5.74, 6) is 0.0806. The first kappa shape index (κ1) is 15.9. The molecule has 0 aromatic carbocycles. The summed E-state index contributed by atoms with van der Waals surface area (Å²) in [5.41, 5.74) is 1.41. The maximum Gasteiger partial charge on any atom is 0.221 e. The second kappa shape index (κ2) is 8.12. The van der Waals surface area contributed by atoms with Crippen molar-refractivity contribution in [2.75, 3.05) is 26.8 Å². The third kappa shape index (κ3) is 4.55. The van der Waals surface area contributed by atoms with Crippen molar-refractivity contribution in [3.05, 3.63) is 20.3 Å². The van der Waals surface area contributed by atoms with Crippen LogP contribution in [0.15, 0.2) is 9.85 Å². The summed E-state index contributed by atoms with van der Waals surface area (Å²) in [6, 6.07) is 2.61. The van der Waals surface area contributed by atoms with E-state index in [2.05, 4.69) is 32.6 Å². The van der Waals surface area contributed by atoms with Gasteiger partial charge in [0.2, 0.25) is 5.91 Å². The van der Waals surface area contributed by atoms with Crippen LogP contribution in [0.4, 0.5) is 0 Å². The van der Waals surface area contributed by atoms with Crippen LogP contribution in [0.5, 0.6) is 0 Å². The van der Waals surface area contributed by atoms with E-state index in [9.17, 15) is 4.79 Å². The molecule has 1 heterocycles. The molecule has 0 saturated carbocycles. The molecule has 1 unspecified atom stereocenters. The zero-order chi connectivity index (χ0) is 14.4. The van der Waals surface area contributed by atoms with E-state index in [1.54, 1.807) is 7.11 Å². The van der Waals surface area contributed by atoms with Gasteiger partial charge in [-0.05, 0) is 46.8 Å². The van der Waals surface area contributed by atoms with Gasteiger partial charge in [0.15, 0.2) is 0 Å². The minimum Gasteiger partial charge on any atom is -0.383 e. The molecule has 20 heavy (non-hydrogen) atoms. The molecule has 0 radical (unpaired) electrons. The number of nitrogens with one attached hydrogen (secondary N) is 2. The Labute approximate surface area is 132 Å². The lowest BCUT2D eigenvalue weighted by atomic mass is 9.94. The van der Waals surface area contributed by atoms with Gasteiger partial charge in [-0.3, -0.25) is 4.79 Å². The van der Waals surface area contributed by atoms with Crippen molar-refractivity contribution in [1.82, 2.24) is 10.6 Å². The number of hydrogen-bond acceptors (Lipinski definition) is 4. The predicted octanol–water partition coefficient (Wildman–Crippen LogP) is 2.63. The summed E-state index contributed by atoms with van der Waals surface area (Å²) >= 11 is 5.39. The fourth-order valence-corrected chi connectivity index (χ4v) is 4.29. The zero-order valence-electron chi connectivity index (χ0n) is 11.7. The van der Waals surface area contributed by atoms with E-state index < -0.39 is 0 Å². The molecule has 1 aromatic heterocycles. The average Bonchev–Trinajstić information content (AvgIpc) is 2.80. The monoisotopic (exact) mass is 360 g/mol. The Balaban J connectivity index is 1.73. The summed E-state index contributed by atoms with van der Waals surface area (Å²) in [6.45, 7) is 1.87. The standard InChI is InChI=1S/C14H21BrN2O2S/c1-19-8-7-17-14(18)5-6-16-11-3-2-4-12-10(11)9-13(15)20-12/h9,11,16H,2-8H2,1H3,(H,17,18). The van der Waals surface area contributed by atoms with Crippen LogP contribution in [-0.4, -0.2) is 32.7 Å². The molecule has 1 aromatic rings. The van der Waals surface area contributed by atoms with Gasteiger partial charge in [-0.2, -0.15) is 0 Å². The SMILES string of the molecule is COCCNC(=O)CCNC1CCCc2sc(Br)cc21. The van der Waals surface area contributed by atoms with Crippen molar-refractivity contribution >= 4 is 33.2 Å². The Morgan fingerprint density at radius 3 is 3.20 bits per heavy atom. The van der Waals surface area contributed by atoms with Gasteiger partial charge in [0.25, 0.3) is 0 Å². The first-order chi connectivity index (χ1) is 9.70. The molecule has 2 N–H and O–H groups in total. The van der Waals surface area contributed by atoms with Gasteiger partial charge >= 0.3 is 0 Å². The molecule has 0 aliphatic heterocycles. The van der Waals surface area contributed by atoms with Gasteiger partial charge in [0, 0.05) is 37.5 Å². The quantitative estimate of drug-likeness (QED) is 0.734. The maximum atomic E-state index is 11.6. The van der Waals surface area contributed by atoms with E-state index in [-0.39, 0.29) is 5.91 Å². The molecule has 112 valence electrons. The van der Waals surface area contributed by atoms with E-state index in [4.69, 9.17) is 4.74 Å². The highest BCUT2D eigenvalue weighted by Gasteiger charge is 2.22. The highest BCUT2D eigenvalue weighted by Crippen LogP contribution is 2.37. The van der Waals surface area contributed by atoms with Crippen LogP contribution in [0.25, 0.3) is 0 Å². The number of rotatable bonds is 7. The van der Waals surface area contributed by atoms with Crippen molar-refractivity contribution in [2.24, 2.45) is 0 Å². The molecule has 1 aliphatic rings. The van der Waals surface area contributed by atoms with E-state index in [1.807, 2.05) is 11.3 Å². The molecule has 4 nitrogen and oxygen atoms in total. The highest BCUT2D eigenvalue weighted by atomic mass is 79.9. The van der Waals surface area contributed by atoms with Crippen molar-refractivity contribution in [3.8, 4) is 0 Å². The Kier molecular flexibility index (Phi) is 6.48. The van der Waals surface area contributed by atoms with Gasteiger partial charge < -0.3 is 15.4 Å². The van der Waals surface area contributed by atoms with Crippen LogP contribution in [-0.2, 0) is 16.0 Å². The molecule has 0 fully saturated rings. The molecule has 0 bridgehead atoms. The number of halogens is 1. The second-order valence-electron chi connectivity index (χ2n) is 4.92. The van der Waals surface area contributed by atoms with Crippen molar-refractivity contribution in [2.45, 2.75) is 31.7 Å². The molecule has 6 heteroatoms. The molecular formula is C14H21BrN2O2S. The molecule has 0 spiro atoms. The zero-order valence-corrected chi connectivity index (χ0v) is 14.1. The number of ether oxygens (including phenoxy) is 1. The van der Waals surface area contributed by atoms with Gasteiger partial charge in [-0.1, -0.05) is 0 Å². The minimum atomic E-state index is 0.0806. The second-order valence-corrected chi connectivity index (χ2v) is 7.44. The van der Waals surface area contributed by atoms with Crippen LogP contribution in [0.2, 0.25) is 0 Å².